The van der Waals surface area contributed by atoms with E-state index in [1.807, 2.05) is 11.6 Å². The first-order chi connectivity index (χ1) is 12.9. The molecule has 0 N–H and O–H groups in total. The fraction of sp³-hybridized carbons (Fsp3) is 0.375. The van der Waals surface area contributed by atoms with E-state index >= 15 is 0 Å². The van der Waals surface area contributed by atoms with Crippen molar-refractivity contribution in [3.63, 3.8) is 0 Å². The molecule has 0 saturated heterocycles. The molecule has 25 heavy (non-hydrogen) atoms. The summed E-state index contributed by atoms with van der Waals surface area (Å²) in [7, 11) is 1.91. The van der Waals surface area contributed by atoms with Crippen LogP contribution in [0.1, 0.15) is 56.6 Å². The Kier molecular flexibility index (Phi) is 3.54. The van der Waals surface area contributed by atoms with Gasteiger partial charge in [0.2, 0.25) is 5.69 Å². The third-order valence-corrected chi connectivity index (χ3v) is 5.89. The van der Waals surface area contributed by atoms with Crippen LogP contribution in [0.5, 0.6) is 0 Å². The zero-order valence-corrected chi connectivity index (χ0v) is 15.7. The van der Waals surface area contributed by atoms with Gasteiger partial charge in [0.1, 0.15) is 8.42 Å². The van der Waals surface area contributed by atoms with Crippen molar-refractivity contribution in [2.45, 2.75) is 52.4 Å². The van der Waals surface area contributed by atoms with Gasteiger partial charge in [0.25, 0.3) is 0 Å². The molecular formula is C24H28N+. The Morgan fingerprint density at radius 3 is 2.56 bits per heavy atom. The Morgan fingerprint density at radius 2 is 1.80 bits per heavy atom. The smallest absolute Gasteiger partial charge is 0.200 e. The predicted octanol–water partition coefficient (Wildman–Crippen LogP) is 5.91. The van der Waals surface area contributed by atoms with Crippen LogP contribution in [0.3, 0.4) is 0 Å². The molecule has 1 heteroatoms. The molecule has 128 valence electrons. The van der Waals surface area contributed by atoms with E-state index in [9.17, 15) is 0 Å². The summed E-state index contributed by atoms with van der Waals surface area (Å²) in [6.45, 7) is 6.42. The van der Waals surface area contributed by atoms with Crippen LogP contribution >= 0.6 is 0 Å². The lowest BCUT2D eigenvalue weighted by Gasteiger charge is -2.14. The monoisotopic (exact) mass is 332 g/mol. The lowest BCUT2D eigenvalue weighted by atomic mass is 9.92. The molecule has 0 bridgehead atoms. The summed E-state index contributed by atoms with van der Waals surface area (Å²) in [5.41, 5.74) is 7.29. The van der Waals surface area contributed by atoms with Gasteiger partial charge in [-0.3, -0.25) is 0 Å². The molecule has 4 rings (SSSR count). The number of hydrogen-bond donors (Lipinski definition) is 0. The summed E-state index contributed by atoms with van der Waals surface area (Å²) in [6, 6.07) is 11.4. The first-order valence-electron chi connectivity index (χ1n) is 10.4. The van der Waals surface area contributed by atoms with Gasteiger partial charge in [-0.25, -0.2) is 4.57 Å². The summed E-state index contributed by atoms with van der Waals surface area (Å²) < 4.78 is 19.0. The molecule has 1 aromatic heterocycles. The van der Waals surface area contributed by atoms with Crippen LogP contribution < -0.4 is 4.57 Å². The minimum Gasteiger partial charge on any atom is -0.200 e. The zero-order valence-electron chi connectivity index (χ0n) is 17.7. The molecule has 1 heterocycles. The zero-order chi connectivity index (χ0) is 19.3. The third kappa shape index (κ3) is 2.86. The molecule has 0 unspecified atom stereocenters. The van der Waals surface area contributed by atoms with Gasteiger partial charge < -0.3 is 0 Å². The molecule has 0 radical (unpaired) electrons. The second kappa shape index (κ2) is 6.29. The summed E-state index contributed by atoms with van der Waals surface area (Å²) in [5, 5.41) is 1.99. The van der Waals surface area contributed by atoms with Crippen molar-refractivity contribution in [2.24, 2.45) is 7.05 Å². The largest absolute Gasteiger partial charge is 0.220 e. The molecule has 1 nitrogen and oxygen atoms in total. The van der Waals surface area contributed by atoms with Gasteiger partial charge in [0.15, 0.2) is 6.17 Å². The topological polar surface area (TPSA) is 3.88 Å². The van der Waals surface area contributed by atoms with E-state index in [0.717, 1.165) is 16.5 Å². The van der Waals surface area contributed by atoms with Crippen LogP contribution in [0.4, 0.5) is 0 Å². The van der Waals surface area contributed by atoms with Gasteiger partial charge >= 0.3 is 0 Å². The van der Waals surface area contributed by atoms with Crippen molar-refractivity contribution in [1.29, 1.82) is 0 Å². The predicted molar refractivity (Wildman–Crippen MR) is 106 cm³/mol. The second-order valence-electron chi connectivity index (χ2n) is 7.69. The Balaban J connectivity index is 2.03. The Morgan fingerprint density at radius 1 is 1.04 bits per heavy atom. The van der Waals surface area contributed by atoms with Crippen molar-refractivity contribution in [3.8, 4) is 11.3 Å². The van der Waals surface area contributed by atoms with E-state index in [-0.39, 0.29) is 6.17 Å². The number of benzene rings is 2. The Hall–Kier alpha value is -2.15. The summed E-state index contributed by atoms with van der Waals surface area (Å²) >= 11 is 0. The fourth-order valence-corrected chi connectivity index (χ4v) is 4.38. The van der Waals surface area contributed by atoms with E-state index in [1.54, 1.807) is 0 Å². The second-order valence-corrected chi connectivity index (χ2v) is 7.69. The SMILES string of the molecule is [2H]c1c([2H])[n+](C)c(-c2cc(C)cc(C)c2C)c2ccc(C3CCCC3)cc12. The maximum absolute atomic E-state index is 8.59. The van der Waals surface area contributed by atoms with Gasteiger partial charge in [-0.05, 0) is 73.7 Å². The van der Waals surface area contributed by atoms with Crippen LogP contribution in [0.2, 0.25) is 0 Å². The van der Waals surface area contributed by atoms with Crippen LogP contribution in [0, 0.1) is 20.8 Å². The number of aryl methyl sites for hydroxylation is 2. The van der Waals surface area contributed by atoms with Gasteiger partial charge in [0, 0.05) is 6.04 Å². The average Bonchev–Trinajstić information content (AvgIpc) is 3.18. The summed E-state index contributed by atoms with van der Waals surface area (Å²) in [6.07, 6.45) is 5.37. The molecule has 3 aromatic rings. The molecule has 2 aromatic carbocycles. The highest BCUT2D eigenvalue weighted by Gasteiger charge is 2.21. The Bertz CT molecular complexity index is 1050. The molecule has 0 atom stereocenters. The maximum Gasteiger partial charge on any atom is 0.220 e. The van der Waals surface area contributed by atoms with E-state index in [2.05, 4.69) is 51.1 Å². The highest BCUT2D eigenvalue weighted by molar-refractivity contribution is 5.94. The maximum atomic E-state index is 8.59. The van der Waals surface area contributed by atoms with Crippen LogP contribution in [0.25, 0.3) is 22.0 Å². The van der Waals surface area contributed by atoms with Gasteiger partial charge in [-0.15, -0.1) is 0 Å². The van der Waals surface area contributed by atoms with Gasteiger partial charge in [0.05, 0.1) is 12.3 Å². The molecule has 1 aliphatic rings. The van der Waals surface area contributed by atoms with Crippen LogP contribution in [-0.4, -0.2) is 0 Å². The fourth-order valence-electron chi connectivity index (χ4n) is 4.38. The number of fused-ring (bicyclic) bond motifs is 1. The number of aromatic nitrogens is 1. The van der Waals surface area contributed by atoms with Gasteiger partial charge in [-0.1, -0.05) is 36.6 Å². The molecule has 0 spiro atoms. The lowest BCUT2D eigenvalue weighted by molar-refractivity contribution is -0.659. The molecule has 0 amide bonds. The molecule has 0 aliphatic heterocycles. The van der Waals surface area contributed by atoms with E-state index < -0.39 is 0 Å². The molecule has 1 saturated carbocycles. The Labute approximate surface area is 154 Å². The van der Waals surface area contributed by atoms with Gasteiger partial charge in [-0.2, -0.15) is 0 Å². The number of rotatable bonds is 2. The van der Waals surface area contributed by atoms with Crippen molar-refractivity contribution < 1.29 is 7.31 Å². The van der Waals surface area contributed by atoms with Crippen LogP contribution in [0.15, 0.2) is 42.5 Å². The number of hydrogen-bond acceptors (Lipinski definition) is 0. The minimum atomic E-state index is 0.277. The summed E-state index contributed by atoms with van der Waals surface area (Å²) in [5.74, 6) is 0.614. The first-order valence-corrected chi connectivity index (χ1v) is 9.39. The highest BCUT2D eigenvalue weighted by Crippen LogP contribution is 2.37. The van der Waals surface area contributed by atoms with Crippen molar-refractivity contribution in [3.05, 3.63) is 64.8 Å². The molecule has 1 fully saturated rings. The average molecular weight is 333 g/mol. The van der Waals surface area contributed by atoms with Crippen molar-refractivity contribution in [1.82, 2.24) is 0 Å². The normalized spacial score (nSPS) is 16.3. The quantitative estimate of drug-likeness (QED) is 0.513. The minimum absolute atomic E-state index is 0.277. The molecule has 1 aliphatic carbocycles. The highest BCUT2D eigenvalue weighted by atomic mass is 14.9. The summed E-state index contributed by atoms with van der Waals surface area (Å²) in [4.78, 5) is 0. The van der Waals surface area contributed by atoms with Crippen molar-refractivity contribution in [2.75, 3.05) is 0 Å². The third-order valence-electron chi connectivity index (χ3n) is 5.89. The first kappa shape index (κ1) is 14.1. The molecular weight excluding hydrogens is 302 g/mol. The lowest BCUT2D eigenvalue weighted by Crippen LogP contribution is -2.30. The van der Waals surface area contributed by atoms with E-state index in [0.29, 0.717) is 12.0 Å². The van der Waals surface area contributed by atoms with E-state index in [4.69, 9.17) is 2.74 Å². The van der Waals surface area contributed by atoms with E-state index in [1.165, 1.54) is 53.5 Å². The standard InChI is InChI=1S/C24H28N/c1-16-13-17(2)18(3)23(14-16)24-22-10-9-20(19-7-5-6-8-19)15-21(22)11-12-25(24)4/h9-15,19H,5-8H2,1-4H3/q+1/i11D,12D. The van der Waals surface area contributed by atoms with Crippen LogP contribution in [-0.2, 0) is 7.05 Å². The number of pyridine rings is 1. The number of nitrogens with zero attached hydrogens (tertiary/aromatic N) is 1. The van der Waals surface area contributed by atoms with Crippen molar-refractivity contribution >= 4 is 10.8 Å².